The number of anilines is 1. The Kier molecular flexibility index (Phi) is 4.36. The molecule has 3 N–H and O–H groups in total. The number of hydrogen-bond donors (Lipinski definition) is 2. The van der Waals surface area contributed by atoms with Crippen molar-refractivity contribution in [3.8, 4) is 0 Å². The van der Waals surface area contributed by atoms with Crippen molar-refractivity contribution in [2.45, 2.75) is 12.8 Å². The number of hydrogen-bond acceptors (Lipinski definition) is 5. The van der Waals surface area contributed by atoms with E-state index in [0.717, 1.165) is 31.7 Å². The van der Waals surface area contributed by atoms with Gasteiger partial charge in [-0.3, -0.25) is 4.79 Å². The highest BCUT2D eigenvalue weighted by Gasteiger charge is 2.27. The largest absolute Gasteiger partial charge is 0.355 e. The first kappa shape index (κ1) is 14.3. The fourth-order valence-electron chi connectivity index (χ4n) is 2.86. The van der Waals surface area contributed by atoms with E-state index in [1.165, 1.54) is 10.1 Å². The summed E-state index contributed by atoms with van der Waals surface area (Å²) < 4.78 is 1.25. The molecule has 3 heterocycles. The van der Waals surface area contributed by atoms with Crippen molar-refractivity contribution in [2.75, 3.05) is 31.1 Å². The minimum absolute atomic E-state index is 0.0287. The lowest BCUT2D eigenvalue weighted by molar-refractivity contribution is -0.125. The van der Waals surface area contributed by atoms with Crippen molar-refractivity contribution in [2.24, 2.45) is 11.7 Å². The molecule has 5 nitrogen and oxygen atoms in total. The Labute approximate surface area is 128 Å². The smallest absolute Gasteiger partial charge is 0.224 e. The molecule has 1 amide bonds. The minimum Gasteiger partial charge on any atom is -0.355 e. The van der Waals surface area contributed by atoms with Crippen LogP contribution < -0.4 is 16.0 Å². The van der Waals surface area contributed by atoms with Crippen LogP contribution in [0.15, 0.2) is 23.7 Å². The third-order valence-electron chi connectivity index (χ3n) is 3.89. The van der Waals surface area contributed by atoms with Gasteiger partial charge in [-0.15, -0.1) is 11.3 Å². The highest BCUT2D eigenvalue weighted by molar-refractivity contribution is 7.17. The molecule has 1 aliphatic heterocycles. The second kappa shape index (κ2) is 6.41. The van der Waals surface area contributed by atoms with Gasteiger partial charge < -0.3 is 16.0 Å². The van der Waals surface area contributed by atoms with Crippen molar-refractivity contribution >= 4 is 33.1 Å². The number of thiophene rings is 1. The summed E-state index contributed by atoms with van der Waals surface area (Å²) in [5, 5.41) is 6.17. The topological polar surface area (TPSA) is 71.2 Å². The van der Waals surface area contributed by atoms with E-state index >= 15 is 0 Å². The Morgan fingerprint density at radius 3 is 3.29 bits per heavy atom. The van der Waals surface area contributed by atoms with Crippen molar-refractivity contribution in [3.63, 3.8) is 0 Å². The number of carbonyl (C=O) groups is 1. The highest BCUT2D eigenvalue weighted by Crippen LogP contribution is 2.31. The van der Waals surface area contributed by atoms with Gasteiger partial charge >= 0.3 is 0 Å². The zero-order valence-corrected chi connectivity index (χ0v) is 12.7. The zero-order valence-electron chi connectivity index (χ0n) is 11.9. The third kappa shape index (κ3) is 3.01. The molecule has 1 unspecified atom stereocenters. The van der Waals surface area contributed by atoms with Crippen LogP contribution in [0.25, 0.3) is 10.1 Å². The van der Waals surface area contributed by atoms with Crippen LogP contribution in [-0.4, -0.2) is 37.1 Å². The minimum atomic E-state index is 0.0287. The van der Waals surface area contributed by atoms with Gasteiger partial charge in [0.25, 0.3) is 0 Å². The van der Waals surface area contributed by atoms with Gasteiger partial charge in [-0.2, -0.15) is 0 Å². The van der Waals surface area contributed by atoms with Crippen LogP contribution in [-0.2, 0) is 4.79 Å². The van der Waals surface area contributed by atoms with E-state index in [1.54, 1.807) is 11.3 Å². The van der Waals surface area contributed by atoms with Gasteiger partial charge in [-0.25, -0.2) is 4.98 Å². The van der Waals surface area contributed by atoms with E-state index in [1.807, 2.05) is 12.3 Å². The van der Waals surface area contributed by atoms with Crippen LogP contribution in [0.3, 0.4) is 0 Å². The monoisotopic (exact) mass is 304 g/mol. The Balaban J connectivity index is 1.77. The number of aromatic nitrogens is 1. The summed E-state index contributed by atoms with van der Waals surface area (Å²) in [6, 6.07) is 4.15. The van der Waals surface area contributed by atoms with E-state index in [2.05, 4.69) is 26.6 Å². The maximum Gasteiger partial charge on any atom is 0.224 e. The molecule has 1 aliphatic rings. The summed E-state index contributed by atoms with van der Waals surface area (Å²) >= 11 is 1.72. The van der Waals surface area contributed by atoms with Gasteiger partial charge in [-0.05, 0) is 30.4 Å². The molecule has 0 aliphatic carbocycles. The van der Waals surface area contributed by atoms with E-state index in [9.17, 15) is 4.79 Å². The molecular formula is C15H20N4OS. The molecule has 0 bridgehead atoms. The summed E-state index contributed by atoms with van der Waals surface area (Å²) in [6.07, 6.45) is 3.81. The summed E-state index contributed by atoms with van der Waals surface area (Å²) in [6.45, 7) is 2.73. The molecule has 0 radical (unpaired) electrons. The van der Waals surface area contributed by atoms with Crippen molar-refractivity contribution in [3.05, 3.63) is 23.7 Å². The number of nitrogens with zero attached hydrogens (tertiary/aromatic N) is 2. The first-order valence-electron chi connectivity index (χ1n) is 7.34. The summed E-state index contributed by atoms with van der Waals surface area (Å²) in [4.78, 5) is 18.9. The van der Waals surface area contributed by atoms with Crippen LogP contribution >= 0.6 is 11.3 Å². The standard InChI is InChI=1S/C15H20N4OS/c16-5-7-18-15(20)11-2-1-8-19(10-11)14-12-4-9-21-13(12)3-6-17-14/h3-4,6,9,11H,1-2,5,7-8,10,16H2,(H,18,20). The summed E-state index contributed by atoms with van der Waals surface area (Å²) in [5.41, 5.74) is 5.44. The number of nitrogens with two attached hydrogens (primary N) is 1. The molecule has 3 rings (SSSR count). The maximum atomic E-state index is 12.1. The van der Waals surface area contributed by atoms with Crippen LogP contribution in [0.2, 0.25) is 0 Å². The van der Waals surface area contributed by atoms with Crippen LogP contribution in [0.4, 0.5) is 5.82 Å². The van der Waals surface area contributed by atoms with Crippen LogP contribution in [0.5, 0.6) is 0 Å². The molecule has 0 spiro atoms. The molecular weight excluding hydrogens is 284 g/mol. The summed E-state index contributed by atoms with van der Waals surface area (Å²) in [5.74, 6) is 1.15. The molecule has 0 aromatic carbocycles. The molecule has 6 heteroatoms. The average molecular weight is 304 g/mol. The van der Waals surface area contributed by atoms with Crippen LogP contribution in [0.1, 0.15) is 12.8 Å². The van der Waals surface area contributed by atoms with Crippen LogP contribution in [0, 0.1) is 5.92 Å². The third-order valence-corrected chi connectivity index (χ3v) is 4.78. The van der Waals surface area contributed by atoms with E-state index in [0.29, 0.717) is 13.1 Å². The van der Waals surface area contributed by atoms with E-state index in [4.69, 9.17) is 5.73 Å². The molecule has 1 fully saturated rings. The lowest BCUT2D eigenvalue weighted by Crippen LogP contribution is -2.44. The summed E-state index contributed by atoms with van der Waals surface area (Å²) in [7, 11) is 0. The molecule has 2 aromatic rings. The lowest BCUT2D eigenvalue weighted by Gasteiger charge is -2.33. The zero-order chi connectivity index (χ0) is 14.7. The van der Waals surface area contributed by atoms with Gasteiger partial charge in [0.15, 0.2) is 0 Å². The van der Waals surface area contributed by atoms with E-state index < -0.39 is 0 Å². The second-order valence-electron chi connectivity index (χ2n) is 5.33. The highest BCUT2D eigenvalue weighted by atomic mass is 32.1. The van der Waals surface area contributed by atoms with Crippen molar-refractivity contribution < 1.29 is 4.79 Å². The number of fused-ring (bicyclic) bond motifs is 1. The van der Waals surface area contributed by atoms with Gasteiger partial charge in [-0.1, -0.05) is 0 Å². The van der Waals surface area contributed by atoms with Crippen molar-refractivity contribution in [1.29, 1.82) is 0 Å². The Hall–Kier alpha value is -1.66. The fourth-order valence-corrected chi connectivity index (χ4v) is 3.63. The quantitative estimate of drug-likeness (QED) is 0.900. The number of nitrogens with one attached hydrogen (secondary N) is 1. The number of rotatable bonds is 4. The molecule has 1 saturated heterocycles. The SMILES string of the molecule is NCCNC(=O)C1CCCN(c2nccc3sccc23)C1. The Bertz CT molecular complexity index is 627. The van der Waals surface area contributed by atoms with Gasteiger partial charge in [0.05, 0.1) is 5.92 Å². The number of pyridine rings is 1. The normalized spacial score (nSPS) is 18.9. The van der Waals surface area contributed by atoms with E-state index in [-0.39, 0.29) is 11.8 Å². The Morgan fingerprint density at radius 1 is 1.52 bits per heavy atom. The number of piperidine rings is 1. The first-order valence-corrected chi connectivity index (χ1v) is 8.22. The maximum absolute atomic E-state index is 12.1. The fraction of sp³-hybridized carbons (Fsp3) is 0.467. The molecule has 0 saturated carbocycles. The first-order chi connectivity index (χ1) is 10.3. The lowest BCUT2D eigenvalue weighted by atomic mass is 9.97. The molecule has 112 valence electrons. The molecule has 21 heavy (non-hydrogen) atoms. The average Bonchev–Trinajstić information content (AvgIpc) is 3.01. The number of carbonyl (C=O) groups excluding carboxylic acids is 1. The van der Waals surface area contributed by atoms with Gasteiger partial charge in [0.2, 0.25) is 5.91 Å². The van der Waals surface area contributed by atoms with Gasteiger partial charge in [0, 0.05) is 42.5 Å². The Morgan fingerprint density at radius 2 is 2.43 bits per heavy atom. The predicted octanol–water partition coefficient (Wildman–Crippen LogP) is 1.59. The second-order valence-corrected chi connectivity index (χ2v) is 6.28. The molecule has 1 atom stereocenters. The van der Waals surface area contributed by atoms with Crippen molar-refractivity contribution in [1.82, 2.24) is 10.3 Å². The predicted molar refractivity (Wildman–Crippen MR) is 86.6 cm³/mol. The molecule has 2 aromatic heterocycles. The number of amides is 1. The van der Waals surface area contributed by atoms with Gasteiger partial charge in [0.1, 0.15) is 5.82 Å².